The predicted octanol–water partition coefficient (Wildman–Crippen LogP) is 2.86. The van der Waals surface area contributed by atoms with E-state index in [9.17, 15) is 0 Å². The molecule has 2 rings (SSSR count). The molecule has 1 aliphatic carbocycles. The van der Waals surface area contributed by atoms with Gasteiger partial charge in [0, 0.05) is 25.9 Å². The van der Waals surface area contributed by atoms with E-state index >= 15 is 0 Å². The van der Waals surface area contributed by atoms with Gasteiger partial charge < -0.3 is 14.6 Å². The van der Waals surface area contributed by atoms with Gasteiger partial charge in [-0.3, -0.25) is 0 Å². The zero-order chi connectivity index (χ0) is 13.1. The van der Waals surface area contributed by atoms with Gasteiger partial charge in [0.2, 0.25) is 5.95 Å². The van der Waals surface area contributed by atoms with Gasteiger partial charge >= 0.3 is 0 Å². The molecule has 1 fully saturated rings. The zero-order valence-electron chi connectivity index (χ0n) is 11.9. The van der Waals surface area contributed by atoms with Gasteiger partial charge in [0.1, 0.15) is 0 Å². The van der Waals surface area contributed by atoms with Crippen molar-refractivity contribution in [3.63, 3.8) is 0 Å². The largest absolute Gasteiger partial charge is 0.383 e. The Labute approximate surface area is 110 Å². The van der Waals surface area contributed by atoms with Gasteiger partial charge in [-0.2, -0.15) is 0 Å². The highest BCUT2D eigenvalue weighted by molar-refractivity contribution is 5.30. The van der Waals surface area contributed by atoms with Gasteiger partial charge in [0.15, 0.2) is 0 Å². The third-order valence-corrected chi connectivity index (χ3v) is 4.22. The van der Waals surface area contributed by atoms with Gasteiger partial charge in [0.05, 0.1) is 12.3 Å². The number of hydrogen-bond acceptors (Lipinski definition) is 3. The van der Waals surface area contributed by atoms with Crippen molar-refractivity contribution < 1.29 is 4.74 Å². The molecule has 18 heavy (non-hydrogen) atoms. The van der Waals surface area contributed by atoms with Crippen molar-refractivity contribution in [2.24, 2.45) is 11.8 Å². The minimum absolute atomic E-state index is 0.589. The zero-order valence-corrected chi connectivity index (χ0v) is 11.9. The number of hydrogen-bond donors (Lipinski definition) is 1. The number of methoxy groups -OCH3 is 1. The Morgan fingerprint density at radius 3 is 2.83 bits per heavy atom. The van der Waals surface area contributed by atoms with Gasteiger partial charge in [-0.15, -0.1) is 0 Å². The second-order valence-corrected chi connectivity index (χ2v) is 5.51. The van der Waals surface area contributed by atoms with Crippen molar-refractivity contribution in [2.45, 2.75) is 39.7 Å². The average Bonchev–Trinajstić information content (AvgIpc) is 2.85. The average molecular weight is 251 g/mol. The van der Waals surface area contributed by atoms with Crippen LogP contribution in [-0.2, 0) is 4.74 Å². The number of aromatic nitrogens is 2. The summed E-state index contributed by atoms with van der Waals surface area (Å²) in [5, 5.41) is 3.37. The summed E-state index contributed by atoms with van der Waals surface area (Å²) >= 11 is 0. The molecule has 1 aromatic rings. The molecule has 0 bridgehead atoms. The minimum atomic E-state index is 0.589. The minimum Gasteiger partial charge on any atom is -0.383 e. The van der Waals surface area contributed by atoms with E-state index in [0.717, 1.165) is 30.0 Å². The standard InChI is InChI=1S/C14H25N3O/c1-10-5-6-13(12(10)3)17-9-11(2)16-14(17)15-7-8-18-4/h9-10,12-13H,5-8H2,1-4H3,(H,15,16). The van der Waals surface area contributed by atoms with Crippen LogP contribution in [0.2, 0.25) is 0 Å². The molecule has 0 spiro atoms. The molecule has 4 nitrogen and oxygen atoms in total. The molecule has 102 valence electrons. The summed E-state index contributed by atoms with van der Waals surface area (Å²) in [4.78, 5) is 4.58. The molecule has 4 heteroatoms. The number of imidazole rings is 1. The van der Waals surface area contributed by atoms with Crippen LogP contribution in [0, 0.1) is 18.8 Å². The first-order valence-corrected chi connectivity index (χ1v) is 6.91. The Morgan fingerprint density at radius 2 is 2.22 bits per heavy atom. The lowest BCUT2D eigenvalue weighted by molar-refractivity contribution is 0.210. The maximum absolute atomic E-state index is 5.07. The highest BCUT2D eigenvalue weighted by Crippen LogP contribution is 2.41. The normalized spacial score (nSPS) is 27.7. The molecule has 3 unspecified atom stereocenters. The number of aryl methyl sites for hydroxylation is 1. The highest BCUT2D eigenvalue weighted by Gasteiger charge is 2.32. The fourth-order valence-corrected chi connectivity index (χ4v) is 2.90. The van der Waals surface area contributed by atoms with Crippen LogP contribution in [0.1, 0.15) is 38.4 Å². The highest BCUT2D eigenvalue weighted by atomic mass is 16.5. The van der Waals surface area contributed by atoms with Crippen LogP contribution in [0.3, 0.4) is 0 Å². The Hall–Kier alpha value is -1.03. The second kappa shape index (κ2) is 5.74. The number of anilines is 1. The molecule has 0 radical (unpaired) electrons. The van der Waals surface area contributed by atoms with Gasteiger partial charge in [-0.05, 0) is 31.6 Å². The molecule has 1 saturated carbocycles. The molecule has 3 atom stereocenters. The molecule has 0 aromatic carbocycles. The van der Waals surface area contributed by atoms with Gasteiger partial charge in [0.25, 0.3) is 0 Å². The van der Waals surface area contributed by atoms with E-state index in [1.165, 1.54) is 12.8 Å². The number of nitrogens with one attached hydrogen (secondary N) is 1. The van der Waals surface area contributed by atoms with Crippen LogP contribution in [0.4, 0.5) is 5.95 Å². The Kier molecular flexibility index (Phi) is 4.27. The van der Waals surface area contributed by atoms with Crippen molar-refractivity contribution in [3.05, 3.63) is 11.9 Å². The maximum Gasteiger partial charge on any atom is 0.203 e. The van der Waals surface area contributed by atoms with E-state index in [1.54, 1.807) is 7.11 Å². The van der Waals surface area contributed by atoms with Gasteiger partial charge in [-0.25, -0.2) is 4.98 Å². The molecular formula is C14H25N3O. The summed E-state index contributed by atoms with van der Waals surface area (Å²) in [6.07, 6.45) is 4.76. The van der Waals surface area contributed by atoms with Crippen molar-refractivity contribution >= 4 is 5.95 Å². The van der Waals surface area contributed by atoms with Crippen LogP contribution in [0.25, 0.3) is 0 Å². The first-order chi connectivity index (χ1) is 8.63. The van der Waals surface area contributed by atoms with E-state index in [4.69, 9.17) is 4.74 Å². The van der Waals surface area contributed by atoms with E-state index < -0.39 is 0 Å². The van der Waals surface area contributed by atoms with Crippen LogP contribution >= 0.6 is 0 Å². The van der Waals surface area contributed by atoms with Crippen LogP contribution in [0.5, 0.6) is 0 Å². The summed E-state index contributed by atoms with van der Waals surface area (Å²) < 4.78 is 7.41. The number of nitrogens with zero attached hydrogens (tertiary/aromatic N) is 2. The summed E-state index contributed by atoms with van der Waals surface area (Å²) in [6, 6.07) is 0.589. The monoisotopic (exact) mass is 251 g/mol. The maximum atomic E-state index is 5.07. The SMILES string of the molecule is COCCNc1nc(C)cn1C1CCC(C)C1C. The molecule has 1 N–H and O–H groups in total. The Bertz CT molecular complexity index is 388. The fourth-order valence-electron chi connectivity index (χ4n) is 2.90. The Balaban J connectivity index is 2.11. The summed E-state index contributed by atoms with van der Waals surface area (Å²) in [7, 11) is 1.72. The first kappa shape index (κ1) is 13.4. The summed E-state index contributed by atoms with van der Waals surface area (Å²) in [6.45, 7) is 8.29. The lowest BCUT2D eigenvalue weighted by Crippen LogP contribution is -2.18. The summed E-state index contributed by atoms with van der Waals surface area (Å²) in [5.41, 5.74) is 1.08. The van der Waals surface area contributed by atoms with Crippen LogP contribution in [-0.4, -0.2) is 29.8 Å². The van der Waals surface area contributed by atoms with Crippen molar-refractivity contribution in [2.75, 3.05) is 25.6 Å². The van der Waals surface area contributed by atoms with Gasteiger partial charge in [-0.1, -0.05) is 13.8 Å². The molecule has 1 aromatic heterocycles. The van der Waals surface area contributed by atoms with Crippen LogP contribution < -0.4 is 5.32 Å². The smallest absolute Gasteiger partial charge is 0.203 e. The van der Waals surface area contributed by atoms with Crippen molar-refractivity contribution in [3.8, 4) is 0 Å². The van der Waals surface area contributed by atoms with E-state index in [1.807, 2.05) is 0 Å². The lowest BCUT2D eigenvalue weighted by Gasteiger charge is -2.22. The third-order valence-electron chi connectivity index (χ3n) is 4.22. The molecule has 1 heterocycles. The van der Waals surface area contributed by atoms with Crippen LogP contribution in [0.15, 0.2) is 6.20 Å². The van der Waals surface area contributed by atoms with Crippen molar-refractivity contribution in [1.29, 1.82) is 0 Å². The van der Waals surface area contributed by atoms with E-state index in [-0.39, 0.29) is 0 Å². The summed E-state index contributed by atoms with van der Waals surface area (Å²) in [5.74, 6) is 2.53. The third kappa shape index (κ3) is 2.69. The topological polar surface area (TPSA) is 39.1 Å². The lowest BCUT2D eigenvalue weighted by atomic mass is 9.98. The van der Waals surface area contributed by atoms with E-state index in [0.29, 0.717) is 12.6 Å². The predicted molar refractivity (Wildman–Crippen MR) is 73.9 cm³/mol. The number of ether oxygens (including phenoxy) is 1. The quantitative estimate of drug-likeness (QED) is 0.818. The molecule has 1 aliphatic rings. The second-order valence-electron chi connectivity index (χ2n) is 5.51. The molecule has 0 amide bonds. The molecule has 0 saturated heterocycles. The molecule has 0 aliphatic heterocycles. The number of rotatable bonds is 5. The van der Waals surface area contributed by atoms with E-state index in [2.05, 4.69) is 41.8 Å². The van der Waals surface area contributed by atoms with Crippen molar-refractivity contribution in [1.82, 2.24) is 9.55 Å². The fraction of sp³-hybridized carbons (Fsp3) is 0.786. The molecular weight excluding hydrogens is 226 g/mol. The first-order valence-electron chi connectivity index (χ1n) is 6.91. The Morgan fingerprint density at radius 1 is 1.44 bits per heavy atom.